The summed E-state index contributed by atoms with van der Waals surface area (Å²) in [5.74, 6) is -2.10. The van der Waals surface area contributed by atoms with Crippen molar-refractivity contribution >= 4 is 22.8 Å². The van der Waals surface area contributed by atoms with Crippen LogP contribution in [-0.4, -0.2) is 27.2 Å². The molecule has 3 N–H and O–H groups in total. The summed E-state index contributed by atoms with van der Waals surface area (Å²) in [6.45, 7) is 2.22. The Morgan fingerprint density at radius 1 is 1.21 bits per heavy atom. The van der Waals surface area contributed by atoms with Gasteiger partial charge in [-0.3, -0.25) is 19.8 Å². The normalized spacial score (nSPS) is 20.3. The number of aliphatic carboxylic acids is 1. The van der Waals surface area contributed by atoms with E-state index in [0.29, 0.717) is 17.9 Å². The van der Waals surface area contributed by atoms with Crippen molar-refractivity contribution in [3.8, 4) is 5.75 Å². The number of pyridine rings is 1. The second-order valence-electron chi connectivity index (χ2n) is 7.27. The van der Waals surface area contributed by atoms with E-state index in [-0.39, 0.29) is 6.42 Å². The summed E-state index contributed by atoms with van der Waals surface area (Å²) >= 11 is 0. The third-order valence-electron chi connectivity index (χ3n) is 5.44. The second kappa shape index (κ2) is 7.18. The van der Waals surface area contributed by atoms with Gasteiger partial charge in [0.2, 0.25) is 5.91 Å². The van der Waals surface area contributed by atoms with Crippen molar-refractivity contribution in [2.45, 2.75) is 25.4 Å². The van der Waals surface area contributed by atoms with Crippen LogP contribution >= 0.6 is 0 Å². The van der Waals surface area contributed by atoms with Gasteiger partial charge in [-0.05, 0) is 43.2 Å². The molecule has 7 nitrogen and oxygen atoms in total. The maximum Gasteiger partial charge on any atom is 0.314 e. The zero-order chi connectivity index (χ0) is 20.6. The predicted octanol–water partition coefficient (Wildman–Crippen LogP) is 2.97. The number of carbonyl (C=O) groups is 2. The van der Waals surface area contributed by atoms with Gasteiger partial charge in [-0.15, -0.1) is 0 Å². The average molecular weight is 392 g/mol. The maximum atomic E-state index is 11.9. The molecule has 4 rings (SSSR count). The molecule has 0 spiro atoms. The van der Waals surface area contributed by atoms with Crippen LogP contribution in [-0.2, 0) is 21.6 Å². The summed E-state index contributed by atoms with van der Waals surface area (Å²) in [5, 5.41) is 19.6. The molecule has 1 fully saturated rings. The third kappa shape index (κ3) is 3.30. The van der Waals surface area contributed by atoms with E-state index in [9.17, 15) is 14.7 Å². The Kier molecular flexibility index (Phi) is 4.68. The number of aromatic nitrogens is 1. The third-order valence-corrected chi connectivity index (χ3v) is 5.44. The number of para-hydroxylation sites is 1. The highest BCUT2D eigenvalue weighted by molar-refractivity contribution is 5.97. The molecule has 0 radical (unpaired) electrons. The van der Waals surface area contributed by atoms with E-state index >= 15 is 0 Å². The molecule has 1 heterocycles. The molecule has 7 heteroatoms. The van der Waals surface area contributed by atoms with Crippen LogP contribution in [0.4, 0.5) is 0 Å². The molecular formula is C22H20N2O5. The Morgan fingerprint density at radius 3 is 2.76 bits per heavy atom. The first kappa shape index (κ1) is 18.9. The van der Waals surface area contributed by atoms with Crippen LogP contribution in [0.2, 0.25) is 0 Å². The minimum atomic E-state index is -1.34. The number of fused-ring (bicyclic) bond motifs is 1. The smallest absolute Gasteiger partial charge is 0.314 e. The van der Waals surface area contributed by atoms with E-state index < -0.39 is 23.2 Å². The highest BCUT2D eigenvalue weighted by Gasteiger charge is 2.65. The fourth-order valence-corrected chi connectivity index (χ4v) is 3.88. The number of carboxylic acids is 1. The number of carbonyl (C=O) groups excluding carboxylic acids is 1. The van der Waals surface area contributed by atoms with Crippen LogP contribution in [0.5, 0.6) is 5.75 Å². The number of ether oxygens (including phenoxy) is 1. The van der Waals surface area contributed by atoms with E-state index in [0.717, 1.165) is 22.2 Å². The average Bonchev–Trinajstić information content (AvgIpc) is 3.49. The maximum absolute atomic E-state index is 11.9. The Labute approximate surface area is 166 Å². The number of nitrogens with zero attached hydrogens (tertiary/aromatic N) is 1. The van der Waals surface area contributed by atoms with Gasteiger partial charge in [-0.25, -0.2) is 5.48 Å². The fraction of sp³-hybridized carbons (Fsp3) is 0.227. The lowest BCUT2D eigenvalue weighted by atomic mass is 9.93. The van der Waals surface area contributed by atoms with E-state index in [4.69, 9.17) is 9.94 Å². The monoisotopic (exact) mass is 392 g/mol. The summed E-state index contributed by atoms with van der Waals surface area (Å²) in [6, 6.07) is 16.5. The summed E-state index contributed by atoms with van der Waals surface area (Å²) in [6.07, 6.45) is 0.131. The summed E-state index contributed by atoms with van der Waals surface area (Å²) < 4.78 is 5.95. The molecule has 2 aromatic carbocycles. The first-order valence-electron chi connectivity index (χ1n) is 9.21. The molecule has 0 saturated heterocycles. The minimum Gasteiger partial charge on any atom is -0.489 e. The molecule has 1 amide bonds. The Morgan fingerprint density at radius 2 is 2.00 bits per heavy atom. The van der Waals surface area contributed by atoms with Gasteiger partial charge >= 0.3 is 5.97 Å². The van der Waals surface area contributed by atoms with Crippen LogP contribution < -0.4 is 10.2 Å². The largest absolute Gasteiger partial charge is 0.489 e. The minimum absolute atomic E-state index is 0.131. The summed E-state index contributed by atoms with van der Waals surface area (Å²) in [4.78, 5) is 28.2. The number of benzene rings is 2. The number of carboxylic acid groups (broad SMARTS) is 1. The van der Waals surface area contributed by atoms with E-state index in [1.165, 1.54) is 0 Å². The molecule has 0 unspecified atom stereocenters. The summed E-state index contributed by atoms with van der Waals surface area (Å²) in [7, 11) is 0. The van der Waals surface area contributed by atoms with Crippen LogP contribution in [0.1, 0.15) is 23.2 Å². The highest BCUT2D eigenvalue weighted by atomic mass is 16.5. The number of hydrogen-bond donors (Lipinski definition) is 3. The zero-order valence-electron chi connectivity index (χ0n) is 15.8. The van der Waals surface area contributed by atoms with Crippen molar-refractivity contribution in [2.24, 2.45) is 5.92 Å². The molecule has 1 saturated carbocycles. The Balaban J connectivity index is 1.60. The van der Waals surface area contributed by atoms with Crippen molar-refractivity contribution < 1.29 is 24.6 Å². The standard InChI is InChI=1S/C22H20N2O5/c1-13-9-14(17-7-2-3-8-19(17)23-13)12-29-16-6-4-5-15(10-16)22(21(26)27)11-18(22)20(25)24-28/h2-10,18,28H,11-12H2,1H3,(H,24,25)(H,26,27)/t18-,22-/m0/s1. The number of amides is 1. The molecule has 1 aliphatic carbocycles. The van der Waals surface area contributed by atoms with Crippen molar-refractivity contribution in [1.29, 1.82) is 0 Å². The number of nitrogens with one attached hydrogen (secondary N) is 1. The second-order valence-corrected chi connectivity index (χ2v) is 7.27. The molecule has 0 bridgehead atoms. The van der Waals surface area contributed by atoms with E-state index in [1.54, 1.807) is 29.7 Å². The van der Waals surface area contributed by atoms with Gasteiger partial charge in [0.15, 0.2) is 0 Å². The number of hydrogen-bond acceptors (Lipinski definition) is 5. The van der Waals surface area contributed by atoms with Gasteiger partial charge in [0, 0.05) is 16.6 Å². The molecule has 29 heavy (non-hydrogen) atoms. The van der Waals surface area contributed by atoms with Crippen molar-refractivity contribution in [1.82, 2.24) is 10.5 Å². The van der Waals surface area contributed by atoms with Crippen molar-refractivity contribution in [3.63, 3.8) is 0 Å². The molecule has 0 aliphatic heterocycles. The van der Waals surface area contributed by atoms with Crippen molar-refractivity contribution in [2.75, 3.05) is 0 Å². The quantitative estimate of drug-likeness (QED) is 0.440. The van der Waals surface area contributed by atoms with E-state index in [1.807, 2.05) is 37.3 Å². The van der Waals surface area contributed by atoms with Gasteiger partial charge in [0.1, 0.15) is 17.8 Å². The van der Waals surface area contributed by atoms with E-state index in [2.05, 4.69) is 4.98 Å². The number of rotatable bonds is 6. The molecule has 3 aromatic rings. The summed E-state index contributed by atoms with van der Waals surface area (Å²) in [5.41, 5.74) is 3.44. The SMILES string of the molecule is Cc1cc(COc2cccc([C@@]3(C(=O)O)C[C@H]3C(=O)NO)c2)c2ccccc2n1. The van der Waals surface area contributed by atoms with Crippen LogP contribution in [0.15, 0.2) is 54.6 Å². The lowest BCUT2D eigenvalue weighted by Gasteiger charge is -2.15. The Hall–Kier alpha value is -3.45. The zero-order valence-corrected chi connectivity index (χ0v) is 15.8. The van der Waals surface area contributed by atoms with Gasteiger partial charge in [0.05, 0.1) is 11.4 Å². The Bertz CT molecular complexity index is 1110. The van der Waals surface area contributed by atoms with Crippen LogP contribution in [0.3, 0.4) is 0 Å². The highest BCUT2D eigenvalue weighted by Crippen LogP contribution is 2.55. The lowest BCUT2D eigenvalue weighted by molar-refractivity contribution is -0.143. The first-order chi connectivity index (χ1) is 14.0. The van der Waals surface area contributed by atoms with Crippen LogP contribution in [0.25, 0.3) is 10.9 Å². The number of aryl methyl sites for hydroxylation is 1. The molecule has 2 atom stereocenters. The van der Waals surface area contributed by atoms with Crippen LogP contribution in [0, 0.1) is 12.8 Å². The number of hydroxylamine groups is 1. The molecular weight excluding hydrogens is 372 g/mol. The van der Waals surface area contributed by atoms with Gasteiger partial charge in [-0.1, -0.05) is 30.3 Å². The van der Waals surface area contributed by atoms with Gasteiger partial charge < -0.3 is 9.84 Å². The molecule has 1 aliphatic rings. The fourth-order valence-electron chi connectivity index (χ4n) is 3.88. The van der Waals surface area contributed by atoms with Crippen molar-refractivity contribution in [3.05, 3.63) is 71.4 Å². The first-order valence-corrected chi connectivity index (χ1v) is 9.21. The topological polar surface area (TPSA) is 109 Å². The molecule has 148 valence electrons. The van der Waals surface area contributed by atoms with Gasteiger partial charge in [-0.2, -0.15) is 0 Å². The predicted molar refractivity (Wildman–Crippen MR) is 105 cm³/mol. The lowest BCUT2D eigenvalue weighted by Crippen LogP contribution is -2.30. The molecule has 1 aromatic heterocycles. The van der Waals surface area contributed by atoms with Gasteiger partial charge in [0.25, 0.3) is 0 Å².